The normalized spacial score (nSPS) is 29.9. The first kappa shape index (κ1) is 18.7. The lowest BCUT2D eigenvalue weighted by Crippen LogP contribution is -2.45. The highest BCUT2D eigenvalue weighted by molar-refractivity contribution is 6.38. The van der Waals surface area contributed by atoms with E-state index in [0.29, 0.717) is 34.3 Å². The first-order valence-electron chi connectivity index (χ1n) is 9.80. The molecule has 26 heavy (non-hydrogen) atoms. The molecule has 4 nitrogen and oxygen atoms in total. The molecule has 0 aromatic heterocycles. The molecule has 4 rings (SSSR count). The number of nitrogens with zero attached hydrogens (tertiary/aromatic N) is 2. The minimum absolute atomic E-state index is 0.00726. The van der Waals surface area contributed by atoms with Crippen LogP contribution < -0.4 is 4.90 Å². The molecule has 0 amide bonds. The summed E-state index contributed by atoms with van der Waals surface area (Å²) in [5, 5.41) is 10.9. The van der Waals surface area contributed by atoms with E-state index in [1.807, 2.05) is 13.2 Å². The number of phenolic OH excluding ortho intramolecular Hbond substituents is 1. The van der Waals surface area contributed by atoms with E-state index in [1.165, 1.54) is 38.5 Å². The van der Waals surface area contributed by atoms with E-state index >= 15 is 0 Å². The lowest BCUT2D eigenvalue weighted by Gasteiger charge is -2.41. The highest BCUT2D eigenvalue weighted by atomic mass is 35.5. The van der Waals surface area contributed by atoms with Crippen LogP contribution in [-0.2, 0) is 4.74 Å². The Labute approximate surface area is 166 Å². The predicted octanol–water partition coefficient (Wildman–Crippen LogP) is 4.70. The van der Waals surface area contributed by atoms with Crippen molar-refractivity contribution in [2.24, 2.45) is 0 Å². The van der Waals surface area contributed by atoms with E-state index in [-0.39, 0.29) is 5.75 Å². The summed E-state index contributed by atoms with van der Waals surface area (Å²) in [6.07, 6.45) is 8.78. The molecule has 1 heterocycles. The van der Waals surface area contributed by atoms with Crippen molar-refractivity contribution in [1.82, 2.24) is 4.90 Å². The summed E-state index contributed by atoms with van der Waals surface area (Å²) in [5.74, 6) is 0.00726. The van der Waals surface area contributed by atoms with E-state index < -0.39 is 0 Å². The second-order valence-electron chi connectivity index (χ2n) is 7.97. The van der Waals surface area contributed by atoms with Gasteiger partial charge in [-0.3, -0.25) is 4.90 Å². The molecule has 1 saturated heterocycles. The van der Waals surface area contributed by atoms with Crippen LogP contribution in [-0.4, -0.2) is 54.4 Å². The Bertz CT molecular complexity index is 645. The van der Waals surface area contributed by atoms with Gasteiger partial charge in [0.15, 0.2) is 5.75 Å². The van der Waals surface area contributed by atoms with Gasteiger partial charge in [-0.1, -0.05) is 23.2 Å². The van der Waals surface area contributed by atoms with Gasteiger partial charge in [0.1, 0.15) is 5.02 Å². The number of ether oxygens (including phenoxy) is 1. The molecule has 1 atom stereocenters. The van der Waals surface area contributed by atoms with Gasteiger partial charge in [-0.2, -0.15) is 0 Å². The smallest absolute Gasteiger partial charge is 0.154 e. The van der Waals surface area contributed by atoms with Crippen LogP contribution in [0.5, 0.6) is 5.75 Å². The molecule has 1 aromatic carbocycles. The summed E-state index contributed by atoms with van der Waals surface area (Å²) >= 11 is 12.5. The maximum Gasteiger partial charge on any atom is 0.154 e. The summed E-state index contributed by atoms with van der Waals surface area (Å²) in [4.78, 5) is 5.09. The molecule has 1 aromatic rings. The van der Waals surface area contributed by atoms with Crippen molar-refractivity contribution in [2.75, 3.05) is 25.1 Å². The summed E-state index contributed by atoms with van der Waals surface area (Å²) in [6, 6.07) is 5.46. The van der Waals surface area contributed by atoms with Crippen molar-refractivity contribution < 1.29 is 9.84 Å². The number of likely N-dealkylation sites (tertiary alicyclic amines) is 1. The lowest BCUT2D eigenvalue weighted by atomic mass is 9.89. The number of rotatable bonds is 5. The van der Waals surface area contributed by atoms with E-state index in [2.05, 4.69) is 9.80 Å². The van der Waals surface area contributed by atoms with Crippen molar-refractivity contribution in [1.29, 1.82) is 0 Å². The van der Waals surface area contributed by atoms with Crippen molar-refractivity contribution in [3.05, 3.63) is 22.2 Å². The van der Waals surface area contributed by atoms with Crippen LogP contribution in [0.25, 0.3) is 0 Å². The monoisotopic (exact) mass is 398 g/mol. The average molecular weight is 399 g/mol. The zero-order chi connectivity index (χ0) is 18.3. The molecule has 1 unspecified atom stereocenters. The SMILES string of the molecule is COC1CCN(C2CCC(N(c3ccc(Cl)c(O)c3Cl)C3CC3)CC2)C1. The van der Waals surface area contributed by atoms with Gasteiger partial charge in [0, 0.05) is 38.3 Å². The van der Waals surface area contributed by atoms with E-state index in [4.69, 9.17) is 27.9 Å². The third-order valence-electron chi connectivity index (χ3n) is 6.35. The highest BCUT2D eigenvalue weighted by Gasteiger charge is 2.39. The Morgan fingerprint density at radius 2 is 1.69 bits per heavy atom. The fourth-order valence-electron chi connectivity index (χ4n) is 4.75. The van der Waals surface area contributed by atoms with Crippen LogP contribution >= 0.6 is 23.2 Å². The predicted molar refractivity (Wildman–Crippen MR) is 107 cm³/mol. The summed E-state index contributed by atoms with van der Waals surface area (Å²) in [5.41, 5.74) is 0.945. The number of hydrogen-bond acceptors (Lipinski definition) is 4. The fourth-order valence-corrected chi connectivity index (χ4v) is 5.22. The number of halogens is 2. The Kier molecular flexibility index (Phi) is 5.56. The molecule has 3 aliphatic rings. The second-order valence-corrected chi connectivity index (χ2v) is 8.76. The number of methoxy groups -OCH3 is 1. The van der Waals surface area contributed by atoms with Crippen molar-refractivity contribution in [3.8, 4) is 5.75 Å². The molecule has 0 radical (unpaired) electrons. The minimum atomic E-state index is 0.00726. The Hall–Kier alpha value is -0.680. The molecule has 1 aliphatic heterocycles. The van der Waals surface area contributed by atoms with Gasteiger partial charge in [0.25, 0.3) is 0 Å². The van der Waals surface area contributed by atoms with E-state index in [1.54, 1.807) is 6.07 Å². The fraction of sp³-hybridized carbons (Fsp3) is 0.700. The van der Waals surface area contributed by atoms with Gasteiger partial charge >= 0.3 is 0 Å². The summed E-state index contributed by atoms with van der Waals surface area (Å²) < 4.78 is 5.52. The molecule has 144 valence electrons. The third kappa shape index (κ3) is 3.66. The topological polar surface area (TPSA) is 35.9 Å². The van der Waals surface area contributed by atoms with Gasteiger partial charge in [-0.05, 0) is 57.1 Å². The number of benzene rings is 1. The maximum absolute atomic E-state index is 10.2. The highest BCUT2D eigenvalue weighted by Crippen LogP contribution is 2.45. The Morgan fingerprint density at radius 1 is 1.04 bits per heavy atom. The zero-order valence-electron chi connectivity index (χ0n) is 15.3. The molecule has 6 heteroatoms. The standard InChI is InChI=1S/C20H28Cl2N2O2/c1-26-16-10-11-23(12-16)13-2-4-14(5-3-13)24(15-6-7-15)18-9-8-17(21)20(25)19(18)22/h8-9,13-16,25H,2-7,10-12H2,1H3. The van der Waals surface area contributed by atoms with Gasteiger partial charge < -0.3 is 14.7 Å². The van der Waals surface area contributed by atoms with Crippen LogP contribution in [0.15, 0.2) is 12.1 Å². The molecule has 0 bridgehead atoms. The van der Waals surface area contributed by atoms with Crippen LogP contribution in [0.2, 0.25) is 10.0 Å². The van der Waals surface area contributed by atoms with Crippen LogP contribution in [0, 0.1) is 0 Å². The largest absolute Gasteiger partial charge is 0.505 e. The molecule has 2 saturated carbocycles. The van der Waals surface area contributed by atoms with Crippen LogP contribution in [0.4, 0.5) is 5.69 Å². The quantitative estimate of drug-likeness (QED) is 0.779. The van der Waals surface area contributed by atoms with E-state index in [0.717, 1.165) is 25.2 Å². The Balaban J connectivity index is 1.44. The first-order chi connectivity index (χ1) is 12.6. The maximum atomic E-state index is 10.2. The molecular weight excluding hydrogens is 371 g/mol. The van der Waals surface area contributed by atoms with Gasteiger partial charge in [-0.25, -0.2) is 0 Å². The van der Waals surface area contributed by atoms with Crippen molar-refractivity contribution in [3.63, 3.8) is 0 Å². The zero-order valence-corrected chi connectivity index (χ0v) is 16.8. The number of anilines is 1. The summed E-state index contributed by atoms with van der Waals surface area (Å²) in [6.45, 7) is 2.24. The first-order valence-corrected chi connectivity index (χ1v) is 10.6. The summed E-state index contributed by atoms with van der Waals surface area (Å²) in [7, 11) is 1.82. The van der Waals surface area contributed by atoms with E-state index in [9.17, 15) is 5.11 Å². The van der Waals surface area contributed by atoms with Crippen molar-refractivity contribution in [2.45, 2.75) is 69.2 Å². The molecular formula is C20H28Cl2N2O2. The molecule has 2 aliphatic carbocycles. The molecule has 1 N–H and O–H groups in total. The van der Waals surface area contributed by atoms with Crippen LogP contribution in [0.1, 0.15) is 44.9 Å². The number of aromatic hydroxyl groups is 1. The number of hydrogen-bond donors (Lipinski definition) is 1. The average Bonchev–Trinajstić information content (AvgIpc) is 3.38. The van der Waals surface area contributed by atoms with Crippen molar-refractivity contribution >= 4 is 28.9 Å². The number of phenols is 1. The lowest BCUT2D eigenvalue weighted by molar-refractivity contribution is 0.0940. The van der Waals surface area contributed by atoms with Gasteiger partial charge in [-0.15, -0.1) is 0 Å². The molecule has 3 fully saturated rings. The minimum Gasteiger partial charge on any atom is -0.505 e. The van der Waals surface area contributed by atoms with Gasteiger partial charge in [0.2, 0.25) is 0 Å². The molecule has 0 spiro atoms. The van der Waals surface area contributed by atoms with Gasteiger partial charge in [0.05, 0.1) is 16.8 Å². The second kappa shape index (κ2) is 7.75. The third-order valence-corrected chi connectivity index (χ3v) is 7.03. The Morgan fingerprint density at radius 3 is 2.27 bits per heavy atom. The van der Waals surface area contributed by atoms with Crippen LogP contribution in [0.3, 0.4) is 0 Å².